The first-order chi connectivity index (χ1) is 10.7. The number of carbonyl (C=O) groups excluding carboxylic acids is 1. The molecule has 2 N–H and O–H groups in total. The minimum absolute atomic E-state index is 0.0140. The lowest BCUT2D eigenvalue weighted by Crippen LogP contribution is -2.43. The van der Waals surface area contributed by atoms with Crippen LogP contribution in [0.3, 0.4) is 0 Å². The lowest BCUT2D eigenvalue weighted by molar-refractivity contribution is -0.133. The maximum atomic E-state index is 12.8. The van der Waals surface area contributed by atoms with E-state index < -0.39 is 0 Å². The predicted molar refractivity (Wildman–Crippen MR) is 86.3 cm³/mol. The highest BCUT2D eigenvalue weighted by Gasteiger charge is 2.42. The normalized spacial score (nSPS) is 23.6. The number of pyridine rings is 1. The molecule has 3 heterocycles. The molecule has 1 atom stereocenters. The average molecular weight is 302 g/mol. The van der Waals surface area contributed by atoms with E-state index in [0.717, 1.165) is 38.2 Å². The number of rotatable bonds is 4. The summed E-state index contributed by atoms with van der Waals surface area (Å²) in [6.07, 6.45) is 6.91. The van der Waals surface area contributed by atoms with E-state index in [1.165, 1.54) is 12.8 Å². The van der Waals surface area contributed by atoms with Crippen molar-refractivity contribution in [1.82, 2.24) is 20.5 Å². The van der Waals surface area contributed by atoms with Crippen molar-refractivity contribution in [2.45, 2.75) is 38.8 Å². The molecule has 0 saturated carbocycles. The topological polar surface area (TPSA) is 57.3 Å². The van der Waals surface area contributed by atoms with Gasteiger partial charge >= 0.3 is 0 Å². The summed E-state index contributed by atoms with van der Waals surface area (Å²) in [6.45, 7) is 6.61. The molecular weight excluding hydrogens is 276 g/mol. The number of likely N-dealkylation sites (N-methyl/N-ethyl adjacent to an activating group) is 1. The first-order valence-electron chi connectivity index (χ1n) is 8.34. The van der Waals surface area contributed by atoms with Crippen LogP contribution in [0.5, 0.6) is 0 Å². The Kier molecular flexibility index (Phi) is 4.74. The van der Waals surface area contributed by atoms with E-state index in [-0.39, 0.29) is 11.9 Å². The van der Waals surface area contributed by atoms with E-state index in [1.807, 2.05) is 24.0 Å². The monoisotopic (exact) mass is 302 g/mol. The summed E-state index contributed by atoms with van der Waals surface area (Å²) in [5, 5.41) is 6.90. The van der Waals surface area contributed by atoms with Gasteiger partial charge < -0.3 is 15.5 Å². The third-order valence-electron chi connectivity index (χ3n) is 5.14. The van der Waals surface area contributed by atoms with E-state index in [0.29, 0.717) is 12.0 Å². The third kappa shape index (κ3) is 3.31. The number of hydrogen-bond donors (Lipinski definition) is 2. The molecule has 2 saturated heterocycles. The van der Waals surface area contributed by atoms with Crippen LogP contribution in [0.15, 0.2) is 24.5 Å². The van der Waals surface area contributed by atoms with Gasteiger partial charge in [-0.15, -0.1) is 0 Å². The van der Waals surface area contributed by atoms with Crippen LogP contribution in [-0.4, -0.2) is 48.0 Å². The molecule has 1 spiro atoms. The van der Waals surface area contributed by atoms with Crippen LogP contribution in [0, 0.1) is 5.41 Å². The van der Waals surface area contributed by atoms with Gasteiger partial charge in [0.1, 0.15) is 0 Å². The second-order valence-electron chi connectivity index (χ2n) is 6.60. The second kappa shape index (κ2) is 6.75. The van der Waals surface area contributed by atoms with Crippen LogP contribution in [0.25, 0.3) is 0 Å². The zero-order chi connectivity index (χ0) is 15.4. The molecule has 1 aromatic rings. The molecule has 2 aliphatic heterocycles. The van der Waals surface area contributed by atoms with Crippen molar-refractivity contribution in [3.05, 3.63) is 30.1 Å². The number of nitrogens with one attached hydrogen (secondary N) is 2. The van der Waals surface area contributed by atoms with Gasteiger partial charge in [-0.05, 0) is 62.4 Å². The fourth-order valence-electron chi connectivity index (χ4n) is 3.70. The van der Waals surface area contributed by atoms with Crippen molar-refractivity contribution in [2.24, 2.45) is 5.41 Å². The predicted octanol–water partition coefficient (Wildman–Crippen LogP) is 1.16. The maximum absolute atomic E-state index is 12.8. The Morgan fingerprint density at radius 3 is 2.77 bits per heavy atom. The Hall–Kier alpha value is -1.46. The molecular formula is C17H26N4O. The number of nitrogens with zero attached hydrogens (tertiary/aromatic N) is 2. The van der Waals surface area contributed by atoms with Crippen molar-refractivity contribution in [2.75, 3.05) is 26.2 Å². The Balaban J connectivity index is 1.62. The zero-order valence-electron chi connectivity index (χ0n) is 13.3. The van der Waals surface area contributed by atoms with Gasteiger partial charge in [0.15, 0.2) is 0 Å². The van der Waals surface area contributed by atoms with Gasteiger partial charge in [0.25, 0.3) is 0 Å². The van der Waals surface area contributed by atoms with Gasteiger partial charge in [-0.1, -0.05) is 0 Å². The molecule has 1 amide bonds. The van der Waals surface area contributed by atoms with Gasteiger partial charge in [-0.3, -0.25) is 9.78 Å². The van der Waals surface area contributed by atoms with Gasteiger partial charge in [0, 0.05) is 32.0 Å². The molecule has 120 valence electrons. The standard InChI is InChI=1S/C17H26N4O/c1-2-21(12-14-3-7-18-8-4-14)16(22)15-11-17(13-20-15)5-9-19-10-6-17/h3-4,7-8,15,19-20H,2,5-6,9-13H2,1H3. The van der Waals surface area contributed by atoms with Gasteiger partial charge in [0.2, 0.25) is 5.91 Å². The number of amides is 1. The lowest BCUT2D eigenvalue weighted by atomic mass is 9.77. The van der Waals surface area contributed by atoms with E-state index in [4.69, 9.17) is 0 Å². The van der Waals surface area contributed by atoms with Crippen LogP contribution in [0.2, 0.25) is 0 Å². The third-order valence-corrected chi connectivity index (χ3v) is 5.14. The molecule has 1 unspecified atom stereocenters. The Labute approximate surface area is 132 Å². The Bertz CT molecular complexity index is 499. The smallest absolute Gasteiger partial charge is 0.240 e. The highest BCUT2D eigenvalue weighted by atomic mass is 16.2. The fraction of sp³-hybridized carbons (Fsp3) is 0.647. The molecule has 3 rings (SSSR count). The lowest BCUT2D eigenvalue weighted by Gasteiger charge is -2.33. The van der Waals surface area contributed by atoms with Crippen LogP contribution in [0.1, 0.15) is 31.7 Å². The maximum Gasteiger partial charge on any atom is 0.240 e. The number of hydrogen-bond acceptors (Lipinski definition) is 4. The molecule has 2 aliphatic rings. The fourth-order valence-corrected chi connectivity index (χ4v) is 3.70. The summed E-state index contributed by atoms with van der Waals surface area (Å²) in [7, 11) is 0. The van der Waals surface area contributed by atoms with Crippen molar-refractivity contribution < 1.29 is 4.79 Å². The highest BCUT2D eigenvalue weighted by Crippen LogP contribution is 2.37. The summed E-state index contributed by atoms with van der Waals surface area (Å²) in [4.78, 5) is 18.8. The largest absolute Gasteiger partial charge is 0.337 e. The quantitative estimate of drug-likeness (QED) is 0.876. The molecule has 0 aromatic carbocycles. The summed E-state index contributed by atoms with van der Waals surface area (Å²) in [5.74, 6) is 0.245. The van der Waals surface area contributed by atoms with Crippen LogP contribution in [0.4, 0.5) is 0 Å². The van der Waals surface area contributed by atoms with Gasteiger partial charge in [0.05, 0.1) is 6.04 Å². The SMILES string of the molecule is CCN(Cc1ccncc1)C(=O)C1CC2(CCNCC2)CN1. The number of carbonyl (C=O) groups is 1. The Morgan fingerprint density at radius 2 is 2.09 bits per heavy atom. The molecule has 1 aromatic heterocycles. The molecule has 0 aliphatic carbocycles. The molecule has 0 bridgehead atoms. The van der Waals surface area contributed by atoms with E-state index >= 15 is 0 Å². The summed E-state index contributed by atoms with van der Waals surface area (Å²) in [5.41, 5.74) is 1.47. The average Bonchev–Trinajstić information content (AvgIpc) is 2.97. The minimum atomic E-state index is -0.0140. The van der Waals surface area contributed by atoms with E-state index in [2.05, 4.69) is 15.6 Å². The number of piperidine rings is 1. The van der Waals surface area contributed by atoms with E-state index in [9.17, 15) is 4.79 Å². The van der Waals surface area contributed by atoms with Gasteiger partial charge in [-0.25, -0.2) is 0 Å². The van der Waals surface area contributed by atoms with Crippen LogP contribution in [-0.2, 0) is 11.3 Å². The van der Waals surface area contributed by atoms with Crippen molar-refractivity contribution in [1.29, 1.82) is 0 Å². The molecule has 2 fully saturated rings. The summed E-state index contributed by atoms with van der Waals surface area (Å²) < 4.78 is 0. The minimum Gasteiger partial charge on any atom is -0.337 e. The first-order valence-corrected chi connectivity index (χ1v) is 8.34. The van der Waals surface area contributed by atoms with Crippen molar-refractivity contribution in [3.8, 4) is 0 Å². The zero-order valence-corrected chi connectivity index (χ0v) is 13.3. The molecule has 5 nitrogen and oxygen atoms in total. The molecule has 22 heavy (non-hydrogen) atoms. The Morgan fingerprint density at radius 1 is 1.36 bits per heavy atom. The van der Waals surface area contributed by atoms with Crippen molar-refractivity contribution in [3.63, 3.8) is 0 Å². The first kappa shape index (κ1) is 15.4. The van der Waals surface area contributed by atoms with Crippen molar-refractivity contribution >= 4 is 5.91 Å². The summed E-state index contributed by atoms with van der Waals surface area (Å²) in [6, 6.07) is 3.94. The molecule has 5 heteroatoms. The summed E-state index contributed by atoms with van der Waals surface area (Å²) >= 11 is 0. The molecule has 0 radical (unpaired) electrons. The highest BCUT2D eigenvalue weighted by molar-refractivity contribution is 5.82. The van der Waals surface area contributed by atoms with E-state index in [1.54, 1.807) is 12.4 Å². The van der Waals surface area contributed by atoms with Gasteiger partial charge in [-0.2, -0.15) is 0 Å². The van der Waals surface area contributed by atoms with Crippen LogP contribution < -0.4 is 10.6 Å². The second-order valence-corrected chi connectivity index (χ2v) is 6.60. The van der Waals surface area contributed by atoms with Crippen LogP contribution >= 0.6 is 0 Å². The number of aromatic nitrogens is 1.